The van der Waals surface area contributed by atoms with E-state index in [1.54, 1.807) is 0 Å². The van der Waals surface area contributed by atoms with Crippen LogP contribution in [0.25, 0.3) is 0 Å². The molecule has 2 unspecified atom stereocenters. The van der Waals surface area contributed by atoms with Crippen LogP contribution in [0.2, 0.25) is 0 Å². The van der Waals surface area contributed by atoms with E-state index < -0.39 is 99.1 Å². The van der Waals surface area contributed by atoms with Crippen LogP contribution in [0.15, 0.2) is 0 Å². The largest absolute Gasteiger partial charge is 0.459 e. The van der Waals surface area contributed by atoms with Crippen molar-refractivity contribution in [2.75, 3.05) is 0 Å². The zero-order chi connectivity index (χ0) is 30.8. The minimum Gasteiger partial charge on any atom is -0.312 e. The van der Waals surface area contributed by atoms with E-state index in [9.17, 15) is 69.5 Å². The van der Waals surface area contributed by atoms with Gasteiger partial charge in [0.1, 0.15) is 0 Å². The first-order chi connectivity index (χ1) is 16.6. The van der Waals surface area contributed by atoms with Crippen LogP contribution < -0.4 is 0 Å². The van der Waals surface area contributed by atoms with Gasteiger partial charge in [0, 0.05) is 0 Å². The van der Waals surface area contributed by atoms with Gasteiger partial charge in [-0.05, 0) is 32.1 Å². The third kappa shape index (κ3) is 13.8. The van der Waals surface area contributed by atoms with E-state index in [0.717, 1.165) is 6.92 Å². The molecule has 0 aromatic carbocycles. The standard InChI is InChI=1S/C16H22F12O8S2.8CH4/c1-3-6-10(36-14(23,24)16(27,28)38(32,33)34)8-5-7-9(4-2)35-13(21,22)11(17,18)12(19,20)15(25,26)37(29,30)31;;;;;;;;/h9-10H,3-8H2,1-2H3,(H,29,30,31)(H,32,33,34);8*1H4. The fourth-order valence-electron chi connectivity index (χ4n) is 2.74. The lowest BCUT2D eigenvalue weighted by Crippen LogP contribution is -2.65. The van der Waals surface area contributed by atoms with E-state index in [1.807, 2.05) is 0 Å². The van der Waals surface area contributed by atoms with Crippen LogP contribution in [0.4, 0.5) is 52.7 Å². The maximum Gasteiger partial charge on any atom is 0.459 e. The zero-order valence-electron chi connectivity index (χ0n) is 19.1. The van der Waals surface area contributed by atoms with Gasteiger partial charge in [-0.3, -0.25) is 9.11 Å². The van der Waals surface area contributed by atoms with Crippen molar-refractivity contribution in [3.05, 3.63) is 0 Å². The Hall–Kier alpha value is -1.10. The summed E-state index contributed by atoms with van der Waals surface area (Å²) in [6, 6.07) is 0. The molecule has 22 heteroatoms. The number of rotatable bonds is 17. The molecule has 0 amide bonds. The molecular weight excluding hydrogens is 708 g/mol. The number of alkyl halides is 12. The second-order valence-corrected chi connectivity index (χ2v) is 10.7. The third-order valence-electron chi connectivity index (χ3n) is 4.86. The van der Waals surface area contributed by atoms with Gasteiger partial charge < -0.3 is 9.47 Å². The summed E-state index contributed by atoms with van der Waals surface area (Å²) in [4.78, 5) is 0. The normalized spacial score (nSPS) is 14.0. The fourth-order valence-corrected chi connectivity index (χ4v) is 3.54. The first-order valence-corrected chi connectivity index (χ1v) is 13.0. The smallest absolute Gasteiger partial charge is 0.312 e. The molecule has 0 fully saturated rings. The second kappa shape index (κ2) is 21.8. The van der Waals surface area contributed by atoms with E-state index >= 15 is 0 Å². The molecule has 0 heterocycles. The van der Waals surface area contributed by atoms with Crippen LogP contribution in [-0.4, -0.2) is 72.7 Å². The Morgan fingerprint density at radius 3 is 1.15 bits per heavy atom. The molecule has 0 spiro atoms. The highest BCUT2D eigenvalue weighted by Gasteiger charge is 2.85. The molecule has 0 bridgehead atoms. The quantitative estimate of drug-likeness (QED) is 0.111. The molecule has 2 atom stereocenters. The Labute approximate surface area is 267 Å². The van der Waals surface area contributed by atoms with Gasteiger partial charge in [-0.2, -0.15) is 69.5 Å². The van der Waals surface area contributed by atoms with Gasteiger partial charge in [-0.15, -0.1) is 0 Å². The molecule has 0 rings (SSSR count). The van der Waals surface area contributed by atoms with Gasteiger partial charge in [-0.25, -0.2) is 0 Å². The summed E-state index contributed by atoms with van der Waals surface area (Å²) in [6.45, 7) is 2.23. The van der Waals surface area contributed by atoms with Crippen molar-refractivity contribution in [3.8, 4) is 0 Å². The van der Waals surface area contributed by atoms with Gasteiger partial charge in [0.25, 0.3) is 0 Å². The average molecular weight is 763 g/mol. The van der Waals surface area contributed by atoms with Gasteiger partial charge >= 0.3 is 54.8 Å². The van der Waals surface area contributed by atoms with Crippen molar-refractivity contribution in [2.45, 2.75) is 159 Å². The lowest BCUT2D eigenvalue weighted by molar-refractivity contribution is -0.426. The van der Waals surface area contributed by atoms with Gasteiger partial charge in [0.2, 0.25) is 0 Å². The van der Waals surface area contributed by atoms with Crippen molar-refractivity contribution in [3.63, 3.8) is 0 Å². The molecule has 0 radical (unpaired) electrons. The molecule has 0 saturated carbocycles. The summed E-state index contributed by atoms with van der Waals surface area (Å²) in [7, 11) is -14.0. The van der Waals surface area contributed by atoms with E-state index in [-0.39, 0.29) is 65.8 Å². The Morgan fingerprint density at radius 1 is 0.522 bits per heavy atom. The molecule has 8 nitrogen and oxygen atoms in total. The van der Waals surface area contributed by atoms with E-state index in [1.165, 1.54) is 6.92 Å². The van der Waals surface area contributed by atoms with Crippen molar-refractivity contribution in [1.29, 1.82) is 0 Å². The molecule has 2 N–H and O–H groups in total. The van der Waals surface area contributed by atoms with E-state index in [2.05, 4.69) is 9.47 Å². The minimum absolute atomic E-state index is 0. The van der Waals surface area contributed by atoms with Crippen molar-refractivity contribution >= 4 is 20.2 Å². The molecule has 0 aliphatic heterocycles. The minimum atomic E-state index is -7.42. The van der Waals surface area contributed by atoms with Crippen molar-refractivity contribution < 1.29 is 88.1 Å². The molecular formula is C24H54F12O8S2. The Kier molecular flexibility index (Phi) is 31.8. The first kappa shape index (κ1) is 67.1. The monoisotopic (exact) mass is 762 g/mol. The van der Waals surface area contributed by atoms with Gasteiger partial charge in [-0.1, -0.05) is 79.7 Å². The lowest BCUT2D eigenvalue weighted by atomic mass is 10.0. The topological polar surface area (TPSA) is 127 Å². The summed E-state index contributed by atoms with van der Waals surface area (Å²) in [5.74, 6) is -14.7. The first-order valence-electron chi connectivity index (χ1n) is 10.1. The average Bonchev–Trinajstić information content (AvgIpc) is 2.70. The predicted octanol–water partition coefficient (Wildman–Crippen LogP) is 10.6. The van der Waals surface area contributed by atoms with Crippen molar-refractivity contribution in [2.24, 2.45) is 0 Å². The molecule has 0 aliphatic carbocycles. The Bertz CT molecular complexity index is 1010. The summed E-state index contributed by atoms with van der Waals surface area (Å²) < 4.78 is 228. The number of hydrogen-bond donors (Lipinski definition) is 2. The highest BCUT2D eigenvalue weighted by atomic mass is 32.2. The van der Waals surface area contributed by atoms with Crippen LogP contribution >= 0.6 is 0 Å². The molecule has 0 aromatic rings. The fraction of sp³-hybridized carbons (Fsp3) is 1.00. The summed E-state index contributed by atoms with van der Waals surface area (Å²) >= 11 is 0. The zero-order valence-corrected chi connectivity index (χ0v) is 20.7. The molecule has 0 saturated heterocycles. The second-order valence-electron chi connectivity index (χ2n) is 7.77. The van der Waals surface area contributed by atoms with Crippen LogP contribution in [0, 0.1) is 0 Å². The molecule has 294 valence electrons. The Balaban J connectivity index is -0.000000244. The highest BCUT2D eigenvalue weighted by Crippen LogP contribution is 2.54. The SMILES string of the molecule is C.C.C.C.C.C.C.C.CCCC(CCCC(CC)OC(F)(F)C(F)(F)C(F)(F)C(F)(F)S(=O)(=O)O)OC(F)(F)C(F)(F)S(=O)(=O)O. The summed E-state index contributed by atoms with van der Waals surface area (Å²) in [6.07, 6.45) is -20.2. The molecule has 46 heavy (non-hydrogen) atoms. The van der Waals surface area contributed by atoms with Crippen LogP contribution in [-0.2, 0) is 29.7 Å². The summed E-state index contributed by atoms with van der Waals surface area (Å²) in [5.41, 5.74) is 0. The third-order valence-corrected chi connectivity index (χ3v) is 6.65. The van der Waals surface area contributed by atoms with Gasteiger partial charge in [0.05, 0.1) is 12.2 Å². The maximum absolute atomic E-state index is 13.9. The van der Waals surface area contributed by atoms with Crippen LogP contribution in [0.5, 0.6) is 0 Å². The van der Waals surface area contributed by atoms with Gasteiger partial charge in [0.15, 0.2) is 0 Å². The predicted molar refractivity (Wildman–Crippen MR) is 155 cm³/mol. The molecule has 0 aromatic heterocycles. The number of ether oxygens (including phenoxy) is 2. The van der Waals surface area contributed by atoms with Crippen LogP contribution in [0.1, 0.15) is 112 Å². The van der Waals surface area contributed by atoms with Crippen molar-refractivity contribution in [1.82, 2.24) is 0 Å². The molecule has 0 aliphatic rings. The van der Waals surface area contributed by atoms with E-state index in [4.69, 9.17) is 9.11 Å². The maximum atomic E-state index is 13.9. The van der Waals surface area contributed by atoms with Crippen LogP contribution in [0.3, 0.4) is 0 Å². The Morgan fingerprint density at radius 2 is 0.848 bits per heavy atom. The number of hydrogen-bond acceptors (Lipinski definition) is 6. The highest BCUT2D eigenvalue weighted by molar-refractivity contribution is 7.87. The summed E-state index contributed by atoms with van der Waals surface area (Å²) in [5, 5.41) is -13.2. The van der Waals surface area contributed by atoms with E-state index in [0.29, 0.717) is 0 Å². The lowest BCUT2D eigenvalue weighted by Gasteiger charge is -2.36. The number of halogens is 12.